The van der Waals surface area contributed by atoms with Crippen LogP contribution in [-0.2, 0) is 4.79 Å². The van der Waals surface area contributed by atoms with Gasteiger partial charge in [0.05, 0.1) is 0 Å². The molecule has 0 aliphatic carbocycles. The third-order valence-corrected chi connectivity index (χ3v) is 0.176. The third-order valence-electron chi connectivity index (χ3n) is 0.176. The van der Waals surface area contributed by atoms with E-state index >= 15 is 0 Å². The summed E-state index contributed by atoms with van der Waals surface area (Å²) < 4.78 is 0. The number of carbonyl (C=O) groups excluding carboxylic acids is 1. The maximum atomic E-state index is 9.07. The zero-order valence-corrected chi connectivity index (χ0v) is 6.97. The van der Waals surface area contributed by atoms with Gasteiger partial charge in [-0.05, 0) is 0 Å². The molecule has 0 aromatic carbocycles. The third kappa shape index (κ3) is 8.82. The Morgan fingerprint density at radius 3 is 2.33 bits per heavy atom. The van der Waals surface area contributed by atoms with Crippen molar-refractivity contribution in [2.24, 2.45) is 4.99 Å². The fourth-order valence-electron chi connectivity index (χ4n) is 0.0456. The van der Waals surface area contributed by atoms with E-state index in [4.69, 9.17) is 4.79 Å². The molecule has 0 saturated heterocycles. The predicted octanol–water partition coefficient (Wildman–Crippen LogP) is 0.156. The Bertz CT molecular complexity index is 57.8. The molecular weight excluding hydrogens is 205 g/mol. The number of nitrogens with zero attached hydrogens (tertiary/aromatic N) is 1. The molecule has 6 heavy (non-hydrogen) atoms. The molecular formula is C3H4LaNO-. The number of aliphatic imine (C=N–C) groups is 1. The molecule has 0 atom stereocenters. The average molecular weight is 209 g/mol. The quantitative estimate of drug-likeness (QED) is 0.343. The molecule has 0 N–H and O–H groups in total. The minimum atomic E-state index is 0. The van der Waals surface area contributed by atoms with Crippen LogP contribution in [-0.4, -0.2) is 12.6 Å². The Morgan fingerprint density at radius 1 is 1.83 bits per heavy atom. The predicted molar refractivity (Wildman–Crippen MR) is 18.3 cm³/mol. The van der Waals surface area contributed by atoms with E-state index in [-0.39, 0.29) is 35.6 Å². The molecule has 0 aliphatic rings. The van der Waals surface area contributed by atoms with Gasteiger partial charge in [-0.3, -0.25) is 0 Å². The van der Waals surface area contributed by atoms with Gasteiger partial charge in [-0.25, -0.2) is 9.79 Å². The summed E-state index contributed by atoms with van der Waals surface area (Å²) in [6, 6.07) is 0. The van der Waals surface area contributed by atoms with Crippen molar-refractivity contribution in [1.29, 1.82) is 0 Å². The van der Waals surface area contributed by atoms with Crippen LogP contribution >= 0.6 is 0 Å². The van der Waals surface area contributed by atoms with Crippen molar-refractivity contribution in [1.82, 2.24) is 0 Å². The molecule has 0 fully saturated rings. The number of isocyanates is 1. The molecule has 0 bridgehead atoms. The van der Waals surface area contributed by atoms with Gasteiger partial charge in [0.25, 0.3) is 0 Å². The molecule has 0 amide bonds. The monoisotopic (exact) mass is 209 g/mol. The van der Waals surface area contributed by atoms with Gasteiger partial charge in [-0.2, -0.15) is 0 Å². The zero-order chi connectivity index (χ0) is 4.12. The van der Waals surface area contributed by atoms with E-state index in [9.17, 15) is 0 Å². The Kier molecular flexibility index (Phi) is 14.9. The normalized spacial score (nSPS) is 4.83. The number of hydrogen-bond acceptors (Lipinski definition) is 2. The van der Waals surface area contributed by atoms with E-state index in [0.29, 0.717) is 6.54 Å². The zero-order valence-electron chi connectivity index (χ0n) is 3.35. The summed E-state index contributed by atoms with van der Waals surface area (Å²) in [5, 5.41) is 0. The molecule has 1 radical (unpaired) electrons. The summed E-state index contributed by atoms with van der Waals surface area (Å²) in [4.78, 5) is 12.1. The fraction of sp³-hybridized carbons (Fsp3) is 0.333. The van der Waals surface area contributed by atoms with Crippen LogP contribution in [0, 0.1) is 42.5 Å². The minimum Gasteiger partial charge on any atom is -0.321 e. The molecule has 0 saturated carbocycles. The second kappa shape index (κ2) is 9.13. The van der Waals surface area contributed by atoms with E-state index in [2.05, 4.69) is 11.9 Å². The van der Waals surface area contributed by atoms with Crippen molar-refractivity contribution in [3.8, 4) is 0 Å². The van der Waals surface area contributed by atoms with Crippen molar-refractivity contribution in [2.45, 2.75) is 0 Å². The maximum absolute atomic E-state index is 9.07. The van der Waals surface area contributed by atoms with Gasteiger partial charge >= 0.3 is 0 Å². The smallest absolute Gasteiger partial charge is 0.232 e. The van der Waals surface area contributed by atoms with Crippen LogP contribution in [0.2, 0.25) is 0 Å². The summed E-state index contributed by atoms with van der Waals surface area (Å²) in [6.07, 6.45) is 1.33. The van der Waals surface area contributed by atoms with Crippen LogP contribution in [0.4, 0.5) is 0 Å². The first-order valence-electron chi connectivity index (χ1n) is 1.24. The first-order valence-corrected chi connectivity index (χ1v) is 1.24. The summed E-state index contributed by atoms with van der Waals surface area (Å²) >= 11 is 0. The van der Waals surface area contributed by atoms with Gasteiger partial charge in [0.1, 0.15) is 0 Å². The number of hydrogen-bond donors (Lipinski definition) is 0. The van der Waals surface area contributed by atoms with Crippen LogP contribution in [0.15, 0.2) is 4.99 Å². The van der Waals surface area contributed by atoms with Crippen LogP contribution in [0.3, 0.4) is 0 Å². The van der Waals surface area contributed by atoms with Gasteiger partial charge in [-0.1, -0.05) is 6.54 Å². The Balaban J connectivity index is 0. The molecule has 0 unspecified atom stereocenters. The van der Waals surface area contributed by atoms with Crippen LogP contribution in [0.1, 0.15) is 0 Å². The largest absolute Gasteiger partial charge is 0.321 e. The molecule has 0 rings (SSSR count). The summed E-state index contributed by atoms with van der Waals surface area (Å²) in [5.41, 5.74) is 0. The van der Waals surface area contributed by atoms with Gasteiger partial charge < -0.3 is 6.92 Å². The van der Waals surface area contributed by atoms with E-state index in [1.807, 2.05) is 0 Å². The van der Waals surface area contributed by atoms with E-state index in [0.717, 1.165) is 0 Å². The fourth-order valence-corrected chi connectivity index (χ4v) is 0.0456. The van der Waals surface area contributed by atoms with Gasteiger partial charge in [0, 0.05) is 35.6 Å². The van der Waals surface area contributed by atoms with E-state index in [1.54, 1.807) is 0 Å². The summed E-state index contributed by atoms with van der Waals surface area (Å²) in [7, 11) is 0. The SMILES string of the molecule is [CH2-]CN=C=O.[La]. The first kappa shape index (κ1) is 9.76. The Hall–Kier alpha value is 0.575. The van der Waals surface area contributed by atoms with Gasteiger partial charge in [0.15, 0.2) is 0 Å². The molecule has 0 aromatic rings. The molecule has 2 nitrogen and oxygen atoms in total. The summed E-state index contributed by atoms with van der Waals surface area (Å²) in [6.45, 7) is 3.54. The first-order chi connectivity index (χ1) is 2.41. The molecule has 0 aliphatic heterocycles. The Labute approximate surface area is 64.6 Å². The van der Waals surface area contributed by atoms with Crippen LogP contribution < -0.4 is 0 Å². The minimum absolute atomic E-state index is 0. The second-order valence-electron chi connectivity index (χ2n) is 0.473. The number of rotatable bonds is 1. The Morgan fingerprint density at radius 2 is 2.33 bits per heavy atom. The summed E-state index contributed by atoms with van der Waals surface area (Å²) in [5.74, 6) is 0. The molecule has 31 valence electrons. The second-order valence-corrected chi connectivity index (χ2v) is 0.473. The van der Waals surface area contributed by atoms with Crippen molar-refractivity contribution in [3.63, 3.8) is 0 Å². The van der Waals surface area contributed by atoms with Crippen molar-refractivity contribution < 1.29 is 40.4 Å². The van der Waals surface area contributed by atoms with E-state index in [1.165, 1.54) is 6.08 Å². The molecule has 0 spiro atoms. The van der Waals surface area contributed by atoms with Crippen LogP contribution in [0.25, 0.3) is 0 Å². The van der Waals surface area contributed by atoms with Crippen molar-refractivity contribution in [2.75, 3.05) is 6.54 Å². The molecule has 0 aromatic heterocycles. The van der Waals surface area contributed by atoms with Crippen molar-refractivity contribution >= 4 is 6.08 Å². The standard InChI is InChI=1S/C3H4NO.La/c1-2-4-3-5;/h1-2H2;/q-1;. The van der Waals surface area contributed by atoms with Crippen LogP contribution in [0.5, 0.6) is 0 Å². The topological polar surface area (TPSA) is 29.4 Å². The van der Waals surface area contributed by atoms with Gasteiger partial charge in [-0.15, -0.1) is 0 Å². The average Bonchev–Trinajstić information content (AvgIpc) is 1.41. The maximum Gasteiger partial charge on any atom is 0.232 e. The molecule has 3 heteroatoms. The van der Waals surface area contributed by atoms with E-state index < -0.39 is 0 Å². The van der Waals surface area contributed by atoms with Gasteiger partial charge in [0.2, 0.25) is 6.08 Å². The van der Waals surface area contributed by atoms with Crippen molar-refractivity contribution in [3.05, 3.63) is 6.92 Å². The molecule has 0 heterocycles.